The van der Waals surface area contributed by atoms with Gasteiger partial charge in [-0.1, -0.05) is 31.2 Å². The van der Waals surface area contributed by atoms with E-state index in [-0.39, 0.29) is 5.91 Å². The highest BCUT2D eigenvalue weighted by atomic mass is 16.1. The zero-order valence-electron chi connectivity index (χ0n) is 15.8. The van der Waals surface area contributed by atoms with Crippen LogP contribution in [0.25, 0.3) is 21.8 Å². The van der Waals surface area contributed by atoms with Crippen LogP contribution < -0.4 is 9.88 Å². The molecule has 0 fully saturated rings. The fourth-order valence-electron chi connectivity index (χ4n) is 3.50. The maximum atomic E-state index is 12.3. The number of fused-ring (bicyclic) bond motifs is 3. The van der Waals surface area contributed by atoms with Crippen LogP contribution in [0.1, 0.15) is 24.5 Å². The third kappa shape index (κ3) is 3.56. The fraction of sp³-hybridized carbons (Fsp3) is 0.217. The maximum absolute atomic E-state index is 12.3. The SMILES string of the molecule is CCc1cccc2c1[nH]c1cc(NC(=O)CC[n+]3ccc(C)cc3)ccc12. The maximum Gasteiger partial charge on any atom is 0.230 e. The fourth-order valence-corrected chi connectivity index (χ4v) is 3.50. The molecule has 4 rings (SSSR count). The average Bonchev–Trinajstić information content (AvgIpc) is 3.05. The van der Waals surface area contributed by atoms with E-state index < -0.39 is 0 Å². The quantitative estimate of drug-likeness (QED) is 0.507. The molecule has 4 heteroatoms. The third-order valence-electron chi connectivity index (χ3n) is 5.04. The number of amides is 1. The number of H-pyrrole nitrogens is 1. The molecule has 4 aromatic rings. The summed E-state index contributed by atoms with van der Waals surface area (Å²) in [6.45, 7) is 4.89. The summed E-state index contributed by atoms with van der Waals surface area (Å²) in [5.41, 5.74) is 5.59. The lowest BCUT2D eigenvalue weighted by Crippen LogP contribution is -2.34. The van der Waals surface area contributed by atoms with Gasteiger partial charge in [-0.2, -0.15) is 0 Å². The third-order valence-corrected chi connectivity index (χ3v) is 5.04. The van der Waals surface area contributed by atoms with E-state index in [0.717, 1.165) is 17.6 Å². The van der Waals surface area contributed by atoms with Gasteiger partial charge in [0.1, 0.15) is 0 Å². The number of nitrogens with one attached hydrogen (secondary N) is 2. The van der Waals surface area contributed by atoms with Crippen molar-refractivity contribution in [3.05, 3.63) is 72.1 Å². The van der Waals surface area contributed by atoms with Gasteiger partial charge in [0.05, 0.1) is 6.42 Å². The van der Waals surface area contributed by atoms with Gasteiger partial charge in [-0.25, -0.2) is 4.57 Å². The summed E-state index contributed by atoms with van der Waals surface area (Å²) in [6, 6.07) is 16.6. The highest BCUT2D eigenvalue weighted by molar-refractivity contribution is 6.09. The Morgan fingerprint density at radius 1 is 1.07 bits per heavy atom. The Morgan fingerprint density at radius 3 is 2.67 bits per heavy atom. The van der Waals surface area contributed by atoms with Crippen molar-refractivity contribution < 1.29 is 9.36 Å². The van der Waals surface area contributed by atoms with Crippen LogP contribution >= 0.6 is 0 Å². The van der Waals surface area contributed by atoms with Gasteiger partial charge < -0.3 is 10.3 Å². The van der Waals surface area contributed by atoms with Gasteiger partial charge in [-0.3, -0.25) is 4.79 Å². The molecule has 4 nitrogen and oxygen atoms in total. The zero-order chi connectivity index (χ0) is 18.8. The molecule has 1 amide bonds. The van der Waals surface area contributed by atoms with Gasteiger partial charge in [0.2, 0.25) is 5.91 Å². The summed E-state index contributed by atoms with van der Waals surface area (Å²) in [7, 11) is 0. The smallest absolute Gasteiger partial charge is 0.230 e. The number of carbonyl (C=O) groups is 1. The van der Waals surface area contributed by atoms with E-state index in [1.54, 1.807) is 0 Å². The first-order valence-corrected chi connectivity index (χ1v) is 9.43. The van der Waals surface area contributed by atoms with Crippen LogP contribution in [0.5, 0.6) is 0 Å². The van der Waals surface area contributed by atoms with E-state index in [0.29, 0.717) is 13.0 Å². The molecule has 0 spiro atoms. The van der Waals surface area contributed by atoms with E-state index in [1.165, 1.54) is 27.4 Å². The Bertz CT molecular complexity index is 1110. The van der Waals surface area contributed by atoms with Crippen LogP contribution in [-0.2, 0) is 17.8 Å². The van der Waals surface area contributed by atoms with Gasteiger partial charge in [-0.05, 0) is 36.6 Å². The van der Waals surface area contributed by atoms with Crippen molar-refractivity contribution in [2.45, 2.75) is 33.2 Å². The minimum absolute atomic E-state index is 0.0211. The van der Waals surface area contributed by atoms with Gasteiger partial charge in [0.25, 0.3) is 0 Å². The Balaban J connectivity index is 1.51. The van der Waals surface area contributed by atoms with Gasteiger partial charge in [-0.15, -0.1) is 0 Å². The molecule has 0 saturated carbocycles. The standard InChI is InChI=1S/C23H23N3O/c1-3-17-5-4-6-20-19-8-7-18(15-21(19)25-23(17)20)24-22(27)11-14-26-12-9-16(2)10-13-26/h4-10,12-13,15,25H,3,11,14H2,1-2H3/p+1. The normalized spacial score (nSPS) is 11.2. The van der Waals surface area contributed by atoms with Crippen molar-refractivity contribution in [2.24, 2.45) is 0 Å². The summed E-state index contributed by atoms with van der Waals surface area (Å²) in [6.07, 6.45) is 5.44. The molecule has 2 aromatic carbocycles. The summed E-state index contributed by atoms with van der Waals surface area (Å²) >= 11 is 0. The lowest BCUT2D eigenvalue weighted by Gasteiger charge is -2.04. The lowest BCUT2D eigenvalue weighted by molar-refractivity contribution is -0.695. The number of anilines is 1. The Morgan fingerprint density at radius 2 is 1.89 bits per heavy atom. The summed E-state index contributed by atoms with van der Waals surface area (Å²) in [5.74, 6) is 0.0211. The van der Waals surface area contributed by atoms with E-state index in [1.807, 2.05) is 41.2 Å². The molecule has 2 aromatic heterocycles. The molecule has 136 valence electrons. The minimum atomic E-state index is 0.0211. The van der Waals surface area contributed by atoms with Crippen molar-refractivity contribution in [1.82, 2.24) is 4.98 Å². The van der Waals surface area contributed by atoms with Gasteiger partial charge in [0, 0.05) is 39.6 Å². The van der Waals surface area contributed by atoms with Crippen molar-refractivity contribution in [3.8, 4) is 0 Å². The number of hydrogen-bond acceptors (Lipinski definition) is 1. The number of aromatic nitrogens is 2. The van der Waals surface area contributed by atoms with Crippen molar-refractivity contribution >= 4 is 33.4 Å². The first-order valence-electron chi connectivity index (χ1n) is 9.43. The van der Waals surface area contributed by atoms with Crippen LogP contribution in [0.3, 0.4) is 0 Å². The van der Waals surface area contributed by atoms with Crippen LogP contribution in [-0.4, -0.2) is 10.9 Å². The Hall–Kier alpha value is -3.14. The molecule has 2 heterocycles. The minimum Gasteiger partial charge on any atom is -0.354 e. The molecule has 0 bridgehead atoms. The topological polar surface area (TPSA) is 48.8 Å². The number of hydrogen-bond donors (Lipinski definition) is 2. The van der Waals surface area contributed by atoms with Crippen molar-refractivity contribution in [1.29, 1.82) is 0 Å². The molecule has 0 unspecified atom stereocenters. The summed E-state index contributed by atoms with van der Waals surface area (Å²) < 4.78 is 2.03. The number of benzene rings is 2. The summed E-state index contributed by atoms with van der Waals surface area (Å²) in [4.78, 5) is 15.8. The Kier molecular flexibility index (Phi) is 4.63. The lowest BCUT2D eigenvalue weighted by atomic mass is 10.1. The van der Waals surface area contributed by atoms with Crippen molar-refractivity contribution in [3.63, 3.8) is 0 Å². The predicted octanol–water partition coefficient (Wildman–Crippen LogP) is 4.51. The van der Waals surface area contributed by atoms with Crippen LogP contribution in [0, 0.1) is 6.92 Å². The molecular weight excluding hydrogens is 334 g/mol. The van der Waals surface area contributed by atoms with Gasteiger partial charge in [0.15, 0.2) is 18.9 Å². The Labute approximate surface area is 158 Å². The van der Waals surface area contributed by atoms with Crippen LogP contribution in [0.15, 0.2) is 60.9 Å². The van der Waals surface area contributed by atoms with Crippen LogP contribution in [0.2, 0.25) is 0 Å². The monoisotopic (exact) mass is 358 g/mol. The number of aromatic amines is 1. The molecule has 0 saturated heterocycles. The first-order chi connectivity index (χ1) is 13.1. The molecular formula is C23H24N3O+. The zero-order valence-corrected chi connectivity index (χ0v) is 15.8. The van der Waals surface area contributed by atoms with E-state index in [4.69, 9.17) is 0 Å². The van der Waals surface area contributed by atoms with Crippen molar-refractivity contribution in [2.75, 3.05) is 5.32 Å². The van der Waals surface area contributed by atoms with E-state index in [2.05, 4.69) is 48.4 Å². The highest BCUT2D eigenvalue weighted by Gasteiger charge is 2.10. The number of pyridine rings is 1. The largest absolute Gasteiger partial charge is 0.354 e. The first kappa shape index (κ1) is 17.3. The molecule has 2 N–H and O–H groups in total. The second-order valence-corrected chi connectivity index (χ2v) is 6.99. The second-order valence-electron chi connectivity index (χ2n) is 6.99. The summed E-state index contributed by atoms with van der Waals surface area (Å²) in [5, 5.41) is 5.44. The van der Waals surface area contributed by atoms with Gasteiger partial charge >= 0.3 is 0 Å². The number of rotatable bonds is 5. The molecule has 0 aliphatic carbocycles. The number of carbonyl (C=O) groups excluding carboxylic acids is 1. The molecule has 0 aliphatic heterocycles. The highest BCUT2D eigenvalue weighted by Crippen LogP contribution is 2.29. The number of para-hydroxylation sites is 1. The van der Waals surface area contributed by atoms with E-state index >= 15 is 0 Å². The molecule has 27 heavy (non-hydrogen) atoms. The number of nitrogens with zero attached hydrogens (tertiary/aromatic N) is 1. The van der Waals surface area contributed by atoms with E-state index in [9.17, 15) is 4.79 Å². The van der Waals surface area contributed by atoms with Crippen LogP contribution in [0.4, 0.5) is 5.69 Å². The predicted molar refractivity (Wildman–Crippen MR) is 110 cm³/mol. The number of aryl methyl sites for hydroxylation is 3. The molecule has 0 radical (unpaired) electrons. The molecule has 0 aliphatic rings. The second kappa shape index (κ2) is 7.23. The molecule has 0 atom stereocenters. The average molecular weight is 358 g/mol.